The molecule has 2 aliphatic heterocycles. The van der Waals surface area contributed by atoms with Gasteiger partial charge in [0.05, 0.1) is 29.0 Å². The van der Waals surface area contributed by atoms with Gasteiger partial charge in [-0.3, -0.25) is 4.79 Å². The lowest BCUT2D eigenvalue weighted by molar-refractivity contribution is -0.195. The zero-order valence-electron chi connectivity index (χ0n) is 22.1. The van der Waals surface area contributed by atoms with E-state index in [2.05, 4.69) is 10.3 Å². The van der Waals surface area contributed by atoms with Crippen LogP contribution in [0.3, 0.4) is 0 Å². The van der Waals surface area contributed by atoms with E-state index in [1.165, 1.54) is 15.8 Å². The molecule has 0 saturated carbocycles. The summed E-state index contributed by atoms with van der Waals surface area (Å²) < 4.78 is 54.5. The van der Waals surface area contributed by atoms with E-state index in [9.17, 15) is 33.3 Å². The van der Waals surface area contributed by atoms with Crippen molar-refractivity contribution in [2.75, 3.05) is 26.3 Å². The number of benzene rings is 2. The maximum absolute atomic E-state index is 13.9. The van der Waals surface area contributed by atoms with E-state index in [0.717, 1.165) is 23.9 Å². The van der Waals surface area contributed by atoms with Crippen LogP contribution in [0.1, 0.15) is 12.5 Å². The van der Waals surface area contributed by atoms with Gasteiger partial charge >= 0.3 is 0 Å². The summed E-state index contributed by atoms with van der Waals surface area (Å²) in [7, 11) is 0. The predicted molar refractivity (Wildman–Crippen MR) is 156 cm³/mol. The molecule has 3 aromatic rings. The van der Waals surface area contributed by atoms with E-state index in [-0.39, 0.29) is 36.3 Å². The van der Waals surface area contributed by atoms with Crippen LogP contribution >= 0.6 is 48.5 Å². The lowest BCUT2D eigenvalue weighted by Gasteiger charge is -2.43. The lowest BCUT2D eigenvalue weighted by Crippen LogP contribution is -2.56. The van der Waals surface area contributed by atoms with Gasteiger partial charge in [0.1, 0.15) is 42.1 Å². The molecule has 5 rings (SSSR count). The van der Waals surface area contributed by atoms with Gasteiger partial charge in [-0.15, -0.1) is 5.10 Å². The summed E-state index contributed by atoms with van der Waals surface area (Å²) in [4.78, 5) is 14.9. The van der Waals surface area contributed by atoms with Crippen molar-refractivity contribution in [3.63, 3.8) is 0 Å². The third-order valence-electron chi connectivity index (χ3n) is 6.98. The van der Waals surface area contributed by atoms with Gasteiger partial charge in [-0.05, 0) is 36.8 Å². The average molecular weight is 684 g/mol. The highest BCUT2D eigenvalue weighted by Crippen LogP contribution is 2.41. The molecule has 2 saturated heterocycles. The zero-order valence-corrected chi connectivity index (χ0v) is 25.4. The Bertz CT molecular complexity index is 1440. The largest absolute Gasteiger partial charge is 0.394 e. The highest BCUT2D eigenvalue weighted by atomic mass is 35.5. The normalized spacial score (nSPS) is 25.5. The Morgan fingerprint density at radius 1 is 1.14 bits per heavy atom. The first-order valence-corrected chi connectivity index (χ1v) is 14.4. The van der Waals surface area contributed by atoms with E-state index < -0.39 is 72.5 Å². The third-order valence-corrected chi connectivity index (χ3v) is 8.86. The number of hydrogen-bond donors (Lipinski definition) is 3. The van der Waals surface area contributed by atoms with Crippen LogP contribution in [0.5, 0.6) is 0 Å². The Kier molecular flexibility index (Phi) is 11.3. The van der Waals surface area contributed by atoms with Gasteiger partial charge < -0.3 is 29.7 Å². The molecular formula is C26H27Cl2F3N4O6S2. The van der Waals surface area contributed by atoms with Crippen molar-refractivity contribution < 1.29 is 42.8 Å². The van der Waals surface area contributed by atoms with Gasteiger partial charge in [-0.1, -0.05) is 40.2 Å². The molecule has 1 aromatic heterocycles. The van der Waals surface area contributed by atoms with Crippen molar-refractivity contribution in [2.24, 2.45) is 0 Å². The smallest absolute Gasteiger partial charge is 0.248 e. The van der Waals surface area contributed by atoms with Crippen LogP contribution in [-0.2, 0) is 14.3 Å². The summed E-state index contributed by atoms with van der Waals surface area (Å²) >= 11 is 13.4. The van der Waals surface area contributed by atoms with Gasteiger partial charge in [0, 0.05) is 23.5 Å². The number of nitrogens with zero attached hydrogens (tertiary/aromatic N) is 4. The molecule has 0 aliphatic carbocycles. The van der Waals surface area contributed by atoms with Gasteiger partial charge in [0.25, 0.3) is 0 Å². The van der Waals surface area contributed by atoms with Crippen LogP contribution in [0.25, 0.3) is 11.3 Å². The number of aliphatic hydroxyl groups is 3. The monoisotopic (exact) mass is 682 g/mol. The van der Waals surface area contributed by atoms with Crippen molar-refractivity contribution in [1.82, 2.24) is 19.9 Å². The zero-order chi connectivity index (χ0) is 30.1. The second-order valence-corrected chi connectivity index (χ2v) is 11.8. The summed E-state index contributed by atoms with van der Waals surface area (Å²) in [5, 5.41) is 39.6. The lowest BCUT2D eigenvalue weighted by atomic mass is 9.97. The van der Waals surface area contributed by atoms with Gasteiger partial charge in [0.2, 0.25) is 5.91 Å². The van der Waals surface area contributed by atoms with Crippen LogP contribution in [-0.4, -0.2) is 97.3 Å². The molecule has 6 atom stereocenters. The first-order valence-electron chi connectivity index (χ1n) is 12.8. The Morgan fingerprint density at radius 3 is 2.49 bits per heavy atom. The predicted octanol–water partition coefficient (Wildman–Crippen LogP) is 3.17. The molecule has 10 nitrogen and oxygen atoms in total. The average Bonchev–Trinajstić information content (AvgIpc) is 3.62. The van der Waals surface area contributed by atoms with Crippen molar-refractivity contribution in [3.8, 4) is 11.3 Å². The number of ether oxygens (including phenoxy) is 2. The minimum absolute atomic E-state index is 0. The molecule has 2 aliphatic rings. The highest BCUT2D eigenvalue weighted by Gasteiger charge is 2.48. The molecule has 43 heavy (non-hydrogen) atoms. The number of rotatable bonds is 8. The number of β-amino-alcohol motifs (C(OH)–C–C–N with tert-alkyl or cyclic N) is 1. The van der Waals surface area contributed by atoms with Crippen LogP contribution in [0.15, 0.2) is 41.4 Å². The van der Waals surface area contributed by atoms with E-state index in [4.69, 9.17) is 32.7 Å². The molecule has 2 aromatic carbocycles. The van der Waals surface area contributed by atoms with Crippen LogP contribution in [0.4, 0.5) is 13.2 Å². The van der Waals surface area contributed by atoms with Crippen molar-refractivity contribution in [2.45, 2.75) is 47.2 Å². The Hall–Kier alpha value is -2.08. The molecule has 0 unspecified atom stereocenters. The number of carbonyl (C=O) groups is 1. The Labute approximate surface area is 265 Å². The molecule has 1 amide bonds. The van der Waals surface area contributed by atoms with Gasteiger partial charge in [-0.25, -0.2) is 17.9 Å². The number of aliphatic hydroxyl groups excluding tert-OH is 3. The van der Waals surface area contributed by atoms with Crippen molar-refractivity contribution in [3.05, 3.63) is 64.0 Å². The second kappa shape index (κ2) is 14.3. The SMILES string of the molecule is O=C(CO[C@@H]1[C@@H](n2cc(-c3cc(F)c(F)c(F)c3)nn2)[C@@H](O)[C@@H](CO)O[C@@H]1Sc1ccc(Cl)c(Cl)c1)N1CC[C@H](O)C1.S. The quantitative estimate of drug-likeness (QED) is 0.307. The summed E-state index contributed by atoms with van der Waals surface area (Å²) in [5.74, 6) is -4.88. The number of aromatic nitrogens is 3. The molecule has 234 valence electrons. The summed E-state index contributed by atoms with van der Waals surface area (Å²) in [6.45, 7) is -0.534. The minimum atomic E-state index is -1.64. The molecule has 0 radical (unpaired) electrons. The summed E-state index contributed by atoms with van der Waals surface area (Å²) in [5.41, 5.74) is -1.10. The van der Waals surface area contributed by atoms with E-state index in [0.29, 0.717) is 22.9 Å². The van der Waals surface area contributed by atoms with Gasteiger partial charge in [0.15, 0.2) is 17.5 Å². The van der Waals surface area contributed by atoms with E-state index in [1.807, 2.05) is 0 Å². The second-order valence-electron chi connectivity index (χ2n) is 9.80. The van der Waals surface area contributed by atoms with Crippen LogP contribution in [0.2, 0.25) is 10.0 Å². The van der Waals surface area contributed by atoms with Crippen molar-refractivity contribution in [1.29, 1.82) is 0 Å². The number of carbonyl (C=O) groups excluding carboxylic acids is 1. The maximum atomic E-state index is 13.9. The Balaban J connectivity index is 0.00000423. The summed E-state index contributed by atoms with van der Waals surface area (Å²) in [6, 6.07) is 5.23. The number of hydrogen-bond acceptors (Lipinski definition) is 9. The molecular weight excluding hydrogens is 656 g/mol. The fraction of sp³-hybridized carbons (Fsp3) is 0.423. The van der Waals surface area contributed by atoms with E-state index >= 15 is 0 Å². The van der Waals surface area contributed by atoms with Gasteiger partial charge in [-0.2, -0.15) is 13.5 Å². The molecule has 0 bridgehead atoms. The molecule has 3 N–H and O–H groups in total. The third kappa shape index (κ3) is 7.43. The number of amides is 1. The molecule has 17 heteroatoms. The number of thioether (sulfide) groups is 1. The standard InChI is InChI=1S/C26H25Cl2F3N4O6S.H2S/c27-15-2-1-14(7-16(15)28)42-26-25(40-11-21(38)34-4-3-13(37)8-34)23(24(39)20(10-36)41-26)35-9-19(32-33-35)12-5-17(29)22(31)18(30)6-12;/h1-2,5-7,9,13,20,23-26,36-37,39H,3-4,8,10-11H2;1H2/t13-,20+,23-,24-,25+,26+;/m0./s1. The van der Waals surface area contributed by atoms with E-state index in [1.54, 1.807) is 18.2 Å². The van der Waals surface area contributed by atoms with Crippen molar-refractivity contribution >= 4 is 54.4 Å². The van der Waals surface area contributed by atoms with Crippen LogP contribution in [0, 0.1) is 17.5 Å². The molecule has 3 heterocycles. The summed E-state index contributed by atoms with van der Waals surface area (Å²) in [6.07, 6.45) is -2.61. The first kappa shape index (κ1) is 33.8. The maximum Gasteiger partial charge on any atom is 0.248 e. The molecule has 0 spiro atoms. The number of halogens is 5. The van der Waals surface area contributed by atoms with Crippen LogP contribution < -0.4 is 0 Å². The highest BCUT2D eigenvalue weighted by molar-refractivity contribution is 7.99. The fourth-order valence-corrected chi connectivity index (χ4v) is 6.34. The molecule has 2 fully saturated rings. The minimum Gasteiger partial charge on any atom is -0.394 e. The number of likely N-dealkylation sites (tertiary alicyclic amines) is 1. The fourth-order valence-electron chi connectivity index (χ4n) is 4.81. The first-order chi connectivity index (χ1) is 20.0. The Morgan fingerprint density at radius 2 is 1.86 bits per heavy atom. The topological polar surface area (TPSA) is 130 Å².